The van der Waals surface area contributed by atoms with Gasteiger partial charge in [0.05, 0.1) is 24.1 Å². The van der Waals surface area contributed by atoms with Gasteiger partial charge in [0.1, 0.15) is 16.5 Å². The Morgan fingerprint density at radius 3 is 2.50 bits per heavy atom. The number of thiophene rings is 1. The van der Waals surface area contributed by atoms with E-state index in [9.17, 15) is 0 Å². The molecule has 5 nitrogen and oxygen atoms in total. The molecule has 6 heteroatoms. The largest absolute Gasteiger partial charge is 0.372 e. The Hall–Kier alpha value is -1.24. The molecule has 5 rings (SSSR count). The summed E-state index contributed by atoms with van der Waals surface area (Å²) >= 11 is 1.93. The predicted molar refractivity (Wildman–Crippen MR) is 115 cm³/mol. The van der Waals surface area contributed by atoms with Crippen LogP contribution in [0.3, 0.4) is 0 Å². The lowest BCUT2D eigenvalue weighted by Crippen LogP contribution is -2.46. The number of rotatable bonds is 3. The Balaban J connectivity index is 1.56. The highest BCUT2D eigenvalue weighted by Gasteiger charge is 2.29. The van der Waals surface area contributed by atoms with E-state index >= 15 is 0 Å². The van der Waals surface area contributed by atoms with E-state index in [4.69, 9.17) is 14.7 Å². The average Bonchev–Trinajstić information content (AvgIpc) is 3.06. The fourth-order valence-electron chi connectivity index (χ4n) is 5.15. The minimum Gasteiger partial charge on any atom is -0.372 e. The zero-order valence-corrected chi connectivity index (χ0v) is 18.1. The molecule has 2 aromatic heterocycles. The average molecular weight is 401 g/mol. The Labute approximate surface area is 172 Å². The topological polar surface area (TPSA) is 41.5 Å². The van der Waals surface area contributed by atoms with E-state index in [0.717, 1.165) is 25.5 Å². The highest BCUT2D eigenvalue weighted by Crippen LogP contribution is 2.40. The Morgan fingerprint density at radius 2 is 1.71 bits per heavy atom. The number of nitrogens with zero attached hydrogens (tertiary/aromatic N) is 4. The van der Waals surface area contributed by atoms with Crippen LogP contribution < -0.4 is 4.90 Å². The summed E-state index contributed by atoms with van der Waals surface area (Å²) in [4.78, 5) is 18.1. The van der Waals surface area contributed by atoms with Crippen LogP contribution in [0.5, 0.6) is 0 Å². The third-order valence-corrected chi connectivity index (χ3v) is 7.56. The van der Waals surface area contributed by atoms with Gasteiger partial charge in [0.25, 0.3) is 0 Å². The van der Waals surface area contributed by atoms with Crippen molar-refractivity contribution in [2.75, 3.05) is 31.1 Å². The fraction of sp³-hybridized carbons (Fsp3) is 0.727. The van der Waals surface area contributed by atoms with Crippen LogP contribution in [0.1, 0.15) is 62.2 Å². The normalized spacial score (nSPS) is 26.6. The van der Waals surface area contributed by atoms with Crippen LogP contribution in [-0.2, 0) is 24.1 Å². The molecular weight excluding hydrogens is 368 g/mol. The molecule has 3 aliphatic rings. The second-order valence-corrected chi connectivity index (χ2v) is 9.94. The van der Waals surface area contributed by atoms with Crippen molar-refractivity contribution in [2.45, 2.75) is 77.5 Å². The molecule has 0 saturated carbocycles. The van der Waals surface area contributed by atoms with Crippen molar-refractivity contribution in [3.05, 3.63) is 16.3 Å². The minimum absolute atomic E-state index is 0.244. The maximum atomic E-state index is 6.01. The third-order valence-electron chi connectivity index (χ3n) is 6.37. The number of piperidine rings is 1. The fourth-order valence-corrected chi connectivity index (χ4v) is 6.42. The lowest BCUT2D eigenvalue weighted by Gasteiger charge is -2.36. The first-order chi connectivity index (χ1) is 13.7. The molecule has 0 radical (unpaired) electrons. The standard InChI is InChI=1S/C22H32N4OS/c1-15-12-26(13-16(2)27-15)21-20-17-8-4-5-9-18(17)28-22(20)24-19(23-21)14-25-10-6-3-7-11-25/h15-16H,3-14H2,1-2H3/t15-,16-/m0/s1. The van der Waals surface area contributed by atoms with Gasteiger partial charge in [-0.2, -0.15) is 0 Å². The molecule has 0 N–H and O–H groups in total. The number of morpholine rings is 1. The second kappa shape index (κ2) is 7.88. The van der Waals surface area contributed by atoms with E-state index in [0.29, 0.717) is 0 Å². The lowest BCUT2D eigenvalue weighted by molar-refractivity contribution is -0.00539. The predicted octanol–water partition coefficient (Wildman–Crippen LogP) is 4.17. The van der Waals surface area contributed by atoms with Crippen LogP contribution in [0.4, 0.5) is 5.82 Å². The molecule has 2 aromatic rings. The smallest absolute Gasteiger partial charge is 0.146 e. The van der Waals surface area contributed by atoms with Crippen molar-refractivity contribution < 1.29 is 4.74 Å². The van der Waals surface area contributed by atoms with E-state index < -0.39 is 0 Å². The Bertz CT molecular complexity index is 835. The van der Waals surface area contributed by atoms with Crippen molar-refractivity contribution in [1.82, 2.24) is 14.9 Å². The zero-order valence-electron chi connectivity index (χ0n) is 17.2. The summed E-state index contributed by atoms with van der Waals surface area (Å²) in [5.41, 5.74) is 1.54. The Morgan fingerprint density at radius 1 is 0.964 bits per heavy atom. The van der Waals surface area contributed by atoms with Gasteiger partial charge in [-0.25, -0.2) is 9.97 Å². The first-order valence-electron chi connectivity index (χ1n) is 11.1. The second-order valence-electron chi connectivity index (χ2n) is 8.85. The number of ether oxygens (including phenoxy) is 1. The highest BCUT2D eigenvalue weighted by atomic mass is 32.1. The summed E-state index contributed by atoms with van der Waals surface area (Å²) in [5, 5.41) is 1.35. The van der Waals surface area contributed by atoms with E-state index in [2.05, 4.69) is 23.6 Å². The van der Waals surface area contributed by atoms with Crippen LogP contribution in [0.15, 0.2) is 0 Å². The molecule has 0 unspecified atom stereocenters. The highest BCUT2D eigenvalue weighted by molar-refractivity contribution is 7.19. The summed E-state index contributed by atoms with van der Waals surface area (Å²) in [6, 6.07) is 0. The summed E-state index contributed by atoms with van der Waals surface area (Å²) < 4.78 is 6.01. The van der Waals surface area contributed by atoms with Gasteiger partial charge >= 0.3 is 0 Å². The van der Waals surface area contributed by atoms with Crippen LogP contribution in [0.25, 0.3) is 10.2 Å². The van der Waals surface area contributed by atoms with Crippen LogP contribution in [0.2, 0.25) is 0 Å². The van der Waals surface area contributed by atoms with Crippen LogP contribution >= 0.6 is 11.3 Å². The van der Waals surface area contributed by atoms with Gasteiger partial charge in [0.2, 0.25) is 0 Å². The summed E-state index contributed by atoms with van der Waals surface area (Å²) in [5.74, 6) is 2.19. The van der Waals surface area contributed by atoms with Gasteiger partial charge in [-0.05, 0) is 71.0 Å². The SMILES string of the molecule is C[C@H]1CN(c2nc(CN3CCCCC3)nc3sc4c(c23)CCCC4)C[C@H](C)O1. The van der Waals surface area contributed by atoms with Gasteiger partial charge < -0.3 is 9.64 Å². The van der Waals surface area contributed by atoms with Crippen LogP contribution in [0, 0.1) is 0 Å². The van der Waals surface area contributed by atoms with E-state index in [1.165, 1.54) is 79.6 Å². The van der Waals surface area contributed by atoms with Gasteiger partial charge in [-0.15, -0.1) is 11.3 Å². The zero-order chi connectivity index (χ0) is 19.1. The van der Waals surface area contributed by atoms with E-state index in [1.807, 2.05) is 11.3 Å². The number of hydrogen-bond donors (Lipinski definition) is 0. The number of anilines is 1. The lowest BCUT2D eigenvalue weighted by atomic mass is 9.96. The third kappa shape index (κ3) is 3.66. The molecule has 0 spiro atoms. The number of fused-ring (bicyclic) bond motifs is 3. The summed E-state index contributed by atoms with van der Waals surface area (Å²) in [6.07, 6.45) is 9.48. The maximum absolute atomic E-state index is 6.01. The molecular formula is C22H32N4OS. The molecule has 0 bridgehead atoms. The molecule has 2 saturated heterocycles. The van der Waals surface area contributed by atoms with E-state index in [-0.39, 0.29) is 12.2 Å². The first kappa shape index (κ1) is 18.8. The monoisotopic (exact) mass is 400 g/mol. The quantitative estimate of drug-likeness (QED) is 0.773. The Kier molecular flexibility index (Phi) is 5.28. The number of aryl methyl sites for hydroxylation is 2. The van der Waals surface area contributed by atoms with Gasteiger partial charge in [-0.3, -0.25) is 4.90 Å². The molecule has 152 valence electrons. The summed E-state index contributed by atoms with van der Waals surface area (Å²) in [6.45, 7) is 9.46. The minimum atomic E-state index is 0.244. The molecule has 0 aromatic carbocycles. The molecule has 1 aliphatic carbocycles. The van der Waals surface area contributed by atoms with Crippen molar-refractivity contribution in [3.63, 3.8) is 0 Å². The first-order valence-corrected chi connectivity index (χ1v) is 11.9. The molecule has 4 heterocycles. The van der Waals surface area contributed by atoms with Crippen LogP contribution in [-0.4, -0.2) is 53.3 Å². The van der Waals surface area contributed by atoms with Crippen molar-refractivity contribution in [2.24, 2.45) is 0 Å². The van der Waals surface area contributed by atoms with Gasteiger partial charge in [0, 0.05) is 18.0 Å². The number of aromatic nitrogens is 2. The summed E-state index contributed by atoms with van der Waals surface area (Å²) in [7, 11) is 0. The molecule has 2 atom stereocenters. The van der Waals surface area contributed by atoms with Crippen molar-refractivity contribution in [3.8, 4) is 0 Å². The van der Waals surface area contributed by atoms with Gasteiger partial charge in [0.15, 0.2) is 0 Å². The van der Waals surface area contributed by atoms with Crippen molar-refractivity contribution in [1.29, 1.82) is 0 Å². The molecule has 28 heavy (non-hydrogen) atoms. The molecule has 2 fully saturated rings. The van der Waals surface area contributed by atoms with E-state index in [1.54, 1.807) is 4.88 Å². The number of likely N-dealkylation sites (tertiary alicyclic amines) is 1. The van der Waals surface area contributed by atoms with Crippen molar-refractivity contribution >= 4 is 27.4 Å². The van der Waals surface area contributed by atoms with Gasteiger partial charge in [-0.1, -0.05) is 6.42 Å². The molecule has 2 aliphatic heterocycles. The molecule has 0 amide bonds. The maximum Gasteiger partial charge on any atom is 0.146 e. The number of hydrogen-bond acceptors (Lipinski definition) is 6.